The van der Waals surface area contributed by atoms with Gasteiger partial charge in [0.1, 0.15) is 11.6 Å². The molecule has 25 heavy (non-hydrogen) atoms. The zero-order valence-electron chi connectivity index (χ0n) is 14.1. The van der Waals surface area contributed by atoms with E-state index < -0.39 is 0 Å². The molecule has 1 aromatic heterocycles. The molecule has 132 valence electrons. The van der Waals surface area contributed by atoms with Gasteiger partial charge < -0.3 is 19.9 Å². The minimum Gasteiger partial charge on any atom is -0.484 e. The van der Waals surface area contributed by atoms with Crippen LogP contribution in [0, 0.1) is 0 Å². The summed E-state index contributed by atoms with van der Waals surface area (Å²) >= 11 is 3.37. The molecule has 0 spiro atoms. The molecule has 7 heteroatoms. The summed E-state index contributed by atoms with van der Waals surface area (Å²) in [6.07, 6.45) is 1.69. The van der Waals surface area contributed by atoms with Crippen LogP contribution < -0.4 is 15.0 Å². The Balaban J connectivity index is 1.50. The number of anilines is 2. The molecule has 0 radical (unpaired) electrons. The topological polar surface area (TPSA) is 57.7 Å². The Kier molecular flexibility index (Phi) is 5.88. The lowest BCUT2D eigenvalue weighted by Gasteiger charge is -2.33. The molecule has 2 aromatic rings. The number of hydrogen-bond donors (Lipinski definition) is 1. The molecule has 1 aliphatic rings. The maximum absolute atomic E-state index is 12.0. The summed E-state index contributed by atoms with van der Waals surface area (Å²) in [5, 5.41) is 2.80. The smallest absolute Gasteiger partial charge is 0.262 e. The highest BCUT2D eigenvalue weighted by atomic mass is 79.9. The molecule has 3 rings (SSSR count). The van der Waals surface area contributed by atoms with Crippen molar-refractivity contribution in [1.29, 1.82) is 0 Å². The number of carbonyl (C=O) groups is 1. The maximum Gasteiger partial charge on any atom is 0.262 e. The molecule has 1 aromatic carbocycles. The van der Waals surface area contributed by atoms with Gasteiger partial charge in [-0.05, 0) is 37.4 Å². The van der Waals surface area contributed by atoms with Crippen LogP contribution in [-0.4, -0.2) is 55.6 Å². The highest BCUT2D eigenvalue weighted by molar-refractivity contribution is 9.10. The van der Waals surface area contributed by atoms with Gasteiger partial charge >= 0.3 is 0 Å². The Morgan fingerprint density at radius 2 is 2.04 bits per heavy atom. The highest BCUT2D eigenvalue weighted by Gasteiger charge is 2.15. The molecule has 1 amide bonds. The van der Waals surface area contributed by atoms with Crippen LogP contribution in [0.3, 0.4) is 0 Å². The molecule has 0 unspecified atom stereocenters. The van der Waals surface area contributed by atoms with E-state index in [1.807, 2.05) is 36.4 Å². The number of benzene rings is 1. The van der Waals surface area contributed by atoms with E-state index in [1.165, 1.54) is 0 Å². The van der Waals surface area contributed by atoms with E-state index in [1.54, 1.807) is 6.20 Å². The van der Waals surface area contributed by atoms with Crippen LogP contribution in [0.2, 0.25) is 0 Å². The van der Waals surface area contributed by atoms with Gasteiger partial charge in [0.15, 0.2) is 6.61 Å². The van der Waals surface area contributed by atoms with Gasteiger partial charge in [-0.15, -0.1) is 0 Å². The van der Waals surface area contributed by atoms with Crippen molar-refractivity contribution in [2.45, 2.75) is 0 Å². The van der Waals surface area contributed by atoms with Gasteiger partial charge in [-0.2, -0.15) is 0 Å². The number of ether oxygens (including phenoxy) is 1. The fourth-order valence-electron chi connectivity index (χ4n) is 2.59. The number of pyridine rings is 1. The average molecular weight is 405 g/mol. The van der Waals surface area contributed by atoms with Crippen molar-refractivity contribution in [2.24, 2.45) is 0 Å². The third-order valence-electron chi connectivity index (χ3n) is 4.02. The van der Waals surface area contributed by atoms with E-state index in [-0.39, 0.29) is 12.5 Å². The summed E-state index contributed by atoms with van der Waals surface area (Å²) in [6, 6.07) is 11.2. The standard InChI is InChI=1S/C18H21BrN4O2/c1-22-7-9-23(10-8-22)17-6-5-15(12-20-17)21-18(24)13-25-16-4-2-3-14(19)11-16/h2-6,11-12H,7-10,13H2,1H3,(H,21,24). The van der Waals surface area contributed by atoms with Crippen LogP contribution in [0.25, 0.3) is 0 Å². The number of nitrogens with zero attached hydrogens (tertiary/aromatic N) is 3. The van der Waals surface area contributed by atoms with E-state index in [0.29, 0.717) is 11.4 Å². The van der Waals surface area contributed by atoms with Crippen LogP contribution in [0.1, 0.15) is 0 Å². The molecule has 0 atom stereocenters. The van der Waals surface area contributed by atoms with Crippen molar-refractivity contribution in [3.63, 3.8) is 0 Å². The molecule has 0 bridgehead atoms. The molecule has 1 fully saturated rings. The minimum atomic E-state index is -0.214. The molecule has 1 saturated heterocycles. The lowest BCUT2D eigenvalue weighted by Crippen LogP contribution is -2.44. The number of piperazine rings is 1. The third kappa shape index (κ3) is 5.17. The van der Waals surface area contributed by atoms with Crippen LogP contribution >= 0.6 is 15.9 Å². The van der Waals surface area contributed by atoms with Crippen molar-refractivity contribution in [1.82, 2.24) is 9.88 Å². The second-order valence-electron chi connectivity index (χ2n) is 5.99. The number of aromatic nitrogens is 1. The molecule has 0 aliphatic carbocycles. The fraction of sp³-hybridized carbons (Fsp3) is 0.333. The maximum atomic E-state index is 12.0. The molecule has 1 aliphatic heterocycles. The number of hydrogen-bond acceptors (Lipinski definition) is 5. The number of carbonyl (C=O) groups excluding carboxylic acids is 1. The number of rotatable bonds is 5. The lowest BCUT2D eigenvalue weighted by atomic mass is 10.3. The zero-order chi connectivity index (χ0) is 17.6. The van der Waals surface area contributed by atoms with Crippen LogP contribution in [0.5, 0.6) is 5.75 Å². The normalized spacial score (nSPS) is 15.0. The molecule has 2 heterocycles. The lowest BCUT2D eigenvalue weighted by molar-refractivity contribution is -0.118. The summed E-state index contributed by atoms with van der Waals surface area (Å²) in [5.74, 6) is 1.37. The largest absolute Gasteiger partial charge is 0.484 e. The van der Waals surface area contributed by atoms with Gasteiger partial charge in [-0.1, -0.05) is 22.0 Å². The van der Waals surface area contributed by atoms with Crippen LogP contribution in [-0.2, 0) is 4.79 Å². The Hall–Kier alpha value is -2.12. The zero-order valence-corrected chi connectivity index (χ0v) is 15.7. The summed E-state index contributed by atoms with van der Waals surface area (Å²) in [6.45, 7) is 3.96. The molecular formula is C18H21BrN4O2. The Bertz CT molecular complexity index is 715. The van der Waals surface area contributed by atoms with Crippen molar-refractivity contribution < 1.29 is 9.53 Å². The van der Waals surface area contributed by atoms with Crippen molar-refractivity contribution >= 4 is 33.3 Å². The van der Waals surface area contributed by atoms with E-state index >= 15 is 0 Å². The first-order valence-corrected chi connectivity index (χ1v) is 8.97. The fourth-order valence-corrected chi connectivity index (χ4v) is 2.96. The quantitative estimate of drug-likeness (QED) is 0.829. The van der Waals surface area contributed by atoms with Crippen LogP contribution in [0.4, 0.5) is 11.5 Å². The van der Waals surface area contributed by atoms with Gasteiger partial charge in [0.05, 0.1) is 11.9 Å². The first-order valence-electron chi connectivity index (χ1n) is 8.18. The molecule has 1 N–H and O–H groups in total. The van der Waals surface area contributed by atoms with Crippen molar-refractivity contribution in [3.05, 3.63) is 47.1 Å². The molecule has 6 nitrogen and oxygen atoms in total. The predicted octanol–water partition coefficient (Wildman–Crippen LogP) is 2.61. The summed E-state index contributed by atoms with van der Waals surface area (Å²) in [4.78, 5) is 21.0. The molecule has 0 saturated carbocycles. The summed E-state index contributed by atoms with van der Waals surface area (Å²) < 4.78 is 6.39. The average Bonchev–Trinajstić information content (AvgIpc) is 2.62. The van der Waals surface area contributed by atoms with Crippen molar-refractivity contribution in [3.8, 4) is 5.75 Å². The van der Waals surface area contributed by atoms with Gasteiger partial charge in [-0.3, -0.25) is 4.79 Å². The minimum absolute atomic E-state index is 0.0450. The summed E-state index contributed by atoms with van der Waals surface area (Å²) in [7, 11) is 2.12. The summed E-state index contributed by atoms with van der Waals surface area (Å²) in [5.41, 5.74) is 0.667. The van der Waals surface area contributed by atoms with Gasteiger partial charge in [0, 0.05) is 30.7 Å². The Labute approximate surface area is 155 Å². The second kappa shape index (κ2) is 8.31. The van der Waals surface area contributed by atoms with Gasteiger partial charge in [0.2, 0.25) is 0 Å². The Morgan fingerprint density at radius 1 is 1.24 bits per heavy atom. The van der Waals surface area contributed by atoms with Crippen molar-refractivity contribution in [2.75, 3.05) is 50.1 Å². The van der Waals surface area contributed by atoms with Gasteiger partial charge in [0.25, 0.3) is 5.91 Å². The number of likely N-dealkylation sites (N-methyl/N-ethyl adjacent to an activating group) is 1. The van der Waals surface area contributed by atoms with E-state index in [2.05, 4.69) is 43.1 Å². The number of amides is 1. The first kappa shape index (κ1) is 17.7. The first-order chi connectivity index (χ1) is 12.1. The van der Waals surface area contributed by atoms with E-state index in [0.717, 1.165) is 36.5 Å². The Morgan fingerprint density at radius 3 is 2.72 bits per heavy atom. The van der Waals surface area contributed by atoms with E-state index in [9.17, 15) is 4.79 Å². The monoisotopic (exact) mass is 404 g/mol. The second-order valence-corrected chi connectivity index (χ2v) is 6.91. The molecular weight excluding hydrogens is 384 g/mol. The van der Waals surface area contributed by atoms with E-state index in [4.69, 9.17) is 4.74 Å². The third-order valence-corrected chi connectivity index (χ3v) is 4.52. The SMILES string of the molecule is CN1CCN(c2ccc(NC(=O)COc3cccc(Br)c3)cn2)CC1. The van der Waals surface area contributed by atoms with Gasteiger partial charge in [-0.25, -0.2) is 4.98 Å². The van der Waals surface area contributed by atoms with Crippen LogP contribution in [0.15, 0.2) is 47.1 Å². The number of nitrogens with one attached hydrogen (secondary N) is 1. The highest BCUT2D eigenvalue weighted by Crippen LogP contribution is 2.18. The predicted molar refractivity (Wildman–Crippen MR) is 102 cm³/mol. The number of halogens is 1.